The molecule has 0 heterocycles. The number of unbranched alkanes of at least 4 members (excludes halogenated alkanes) is 3. The second kappa shape index (κ2) is 11.6. The molecule has 6 heteroatoms. The summed E-state index contributed by atoms with van der Waals surface area (Å²) in [4.78, 5) is 19.9. The van der Waals surface area contributed by atoms with Crippen molar-refractivity contribution in [3.05, 3.63) is 46.0 Å². The molecule has 0 bridgehead atoms. The van der Waals surface area contributed by atoms with Gasteiger partial charge in [-0.2, -0.15) is 0 Å². The van der Waals surface area contributed by atoms with Crippen LogP contribution in [-0.2, 0) is 4.79 Å². The summed E-state index contributed by atoms with van der Waals surface area (Å²) in [6.45, 7) is 2.53. The lowest BCUT2D eigenvalue weighted by Crippen LogP contribution is -1.88. The Morgan fingerprint density at radius 1 is 1.24 bits per heavy atom. The first-order chi connectivity index (χ1) is 10.0. The SMILES string of the molecule is CCCCCCO.O=C(O)C=Cc1ccc([N+](=O)[O-])cc1. The largest absolute Gasteiger partial charge is 0.478 e. The van der Waals surface area contributed by atoms with Gasteiger partial charge in [0.05, 0.1) is 4.92 Å². The number of aliphatic hydroxyl groups is 1. The molecule has 6 nitrogen and oxygen atoms in total. The molecule has 116 valence electrons. The summed E-state index contributed by atoms with van der Waals surface area (Å²) in [6, 6.07) is 5.61. The number of non-ortho nitro benzene ring substituents is 1. The fourth-order valence-corrected chi connectivity index (χ4v) is 1.41. The number of nitrogens with zero attached hydrogens (tertiary/aromatic N) is 1. The van der Waals surface area contributed by atoms with Crippen molar-refractivity contribution in [2.45, 2.75) is 32.6 Å². The number of hydrogen-bond acceptors (Lipinski definition) is 4. The average molecular weight is 295 g/mol. The van der Waals surface area contributed by atoms with Gasteiger partial charge in [-0.05, 0) is 30.2 Å². The van der Waals surface area contributed by atoms with Gasteiger partial charge in [-0.15, -0.1) is 0 Å². The Labute approximate surface area is 123 Å². The molecule has 21 heavy (non-hydrogen) atoms. The predicted molar refractivity (Wildman–Crippen MR) is 81.0 cm³/mol. The number of carbonyl (C=O) groups is 1. The molecule has 0 aliphatic carbocycles. The number of rotatable bonds is 7. The monoisotopic (exact) mass is 295 g/mol. The van der Waals surface area contributed by atoms with Crippen molar-refractivity contribution in [3.8, 4) is 0 Å². The molecule has 0 saturated carbocycles. The highest BCUT2D eigenvalue weighted by Gasteiger charge is 2.02. The summed E-state index contributed by atoms with van der Waals surface area (Å²) < 4.78 is 0. The van der Waals surface area contributed by atoms with Crippen LogP contribution in [0, 0.1) is 10.1 Å². The van der Waals surface area contributed by atoms with E-state index in [2.05, 4.69) is 6.92 Å². The first-order valence-electron chi connectivity index (χ1n) is 6.77. The van der Waals surface area contributed by atoms with Crippen molar-refractivity contribution in [3.63, 3.8) is 0 Å². The number of nitro benzene ring substituents is 1. The summed E-state index contributed by atoms with van der Waals surface area (Å²) in [7, 11) is 0. The molecule has 1 rings (SSSR count). The van der Waals surface area contributed by atoms with Crippen LogP contribution in [-0.4, -0.2) is 27.7 Å². The van der Waals surface area contributed by atoms with Crippen molar-refractivity contribution < 1.29 is 19.9 Å². The molecule has 1 aromatic carbocycles. The van der Waals surface area contributed by atoms with E-state index in [1.807, 2.05) is 0 Å². The highest BCUT2D eigenvalue weighted by atomic mass is 16.6. The van der Waals surface area contributed by atoms with Gasteiger partial charge in [-0.3, -0.25) is 10.1 Å². The van der Waals surface area contributed by atoms with Gasteiger partial charge in [-0.25, -0.2) is 4.79 Å². The van der Waals surface area contributed by atoms with Crippen LogP contribution in [0.25, 0.3) is 6.08 Å². The number of aliphatic hydroxyl groups excluding tert-OH is 1. The van der Waals surface area contributed by atoms with E-state index in [0.29, 0.717) is 12.2 Å². The normalized spacial score (nSPS) is 10.0. The number of aliphatic carboxylic acids is 1. The average Bonchev–Trinajstić information content (AvgIpc) is 2.47. The topological polar surface area (TPSA) is 101 Å². The molecule has 0 aromatic heterocycles. The van der Waals surface area contributed by atoms with Crippen LogP contribution in [0.3, 0.4) is 0 Å². The molecule has 0 atom stereocenters. The molecular weight excluding hydrogens is 274 g/mol. The molecule has 0 amide bonds. The fourth-order valence-electron chi connectivity index (χ4n) is 1.41. The molecular formula is C15H21NO5. The highest BCUT2D eigenvalue weighted by molar-refractivity contribution is 5.85. The molecule has 0 spiro atoms. The van der Waals surface area contributed by atoms with E-state index in [0.717, 1.165) is 12.5 Å². The van der Waals surface area contributed by atoms with E-state index in [9.17, 15) is 14.9 Å². The Balaban J connectivity index is 0.000000486. The van der Waals surface area contributed by atoms with Crippen LogP contribution in [0.4, 0.5) is 5.69 Å². The number of hydrogen-bond donors (Lipinski definition) is 2. The zero-order valence-electron chi connectivity index (χ0n) is 12.1. The molecule has 0 aliphatic rings. The second-order valence-corrected chi connectivity index (χ2v) is 4.30. The lowest BCUT2D eigenvalue weighted by molar-refractivity contribution is -0.384. The van der Waals surface area contributed by atoms with Crippen LogP contribution in [0.15, 0.2) is 30.3 Å². The van der Waals surface area contributed by atoms with Crippen molar-refractivity contribution >= 4 is 17.7 Å². The van der Waals surface area contributed by atoms with Gasteiger partial charge < -0.3 is 10.2 Å². The number of carboxylic acid groups (broad SMARTS) is 1. The third kappa shape index (κ3) is 10.3. The van der Waals surface area contributed by atoms with E-state index in [4.69, 9.17) is 10.2 Å². The van der Waals surface area contributed by atoms with Gasteiger partial charge >= 0.3 is 5.97 Å². The molecule has 0 unspecified atom stereocenters. The van der Waals surface area contributed by atoms with Crippen LogP contribution in [0.2, 0.25) is 0 Å². The summed E-state index contributed by atoms with van der Waals surface area (Å²) in [5.41, 5.74) is 0.593. The number of carboxylic acids is 1. The summed E-state index contributed by atoms with van der Waals surface area (Å²) in [5.74, 6) is -1.05. The molecule has 0 saturated heterocycles. The zero-order chi connectivity index (χ0) is 16.1. The number of nitro groups is 1. The molecule has 0 aliphatic heterocycles. The Bertz CT molecular complexity index is 450. The third-order valence-corrected chi connectivity index (χ3v) is 2.53. The van der Waals surface area contributed by atoms with E-state index in [1.165, 1.54) is 49.6 Å². The zero-order valence-corrected chi connectivity index (χ0v) is 12.1. The molecule has 2 N–H and O–H groups in total. The third-order valence-electron chi connectivity index (χ3n) is 2.53. The molecule has 0 radical (unpaired) electrons. The Morgan fingerprint density at radius 2 is 1.86 bits per heavy atom. The van der Waals surface area contributed by atoms with Crippen LogP contribution >= 0.6 is 0 Å². The van der Waals surface area contributed by atoms with Crippen LogP contribution < -0.4 is 0 Å². The van der Waals surface area contributed by atoms with Gasteiger partial charge in [0.2, 0.25) is 0 Å². The molecule has 1 aromatic rings. The number of benzene rings is 1. The quantitative estimate of drug-likeness (QED) is 0.348. The van der Waals surface area contributed by atoms with Gasteiger partial charge in [0, 0.05) is 24.8 Å². The molecule has 0 fully saturated rings. The first kappa shape index (κ1) is 18.8. The summed E-state index contributed by atoms with van der Waals surface area (Å²) in [5, 5.41) is 26.9. The smallest absolute Gasteiger partial charge is 0.328 e. The van der Waals surface area contributed by atoms with E-state index in [1.54, 1.807) is 0 Å². The maximum Gasteiger partial charge on any atom is 0.328 e. The minimum Gasteiger partial charge on any atom is -0.478 e. The Morgan fingerprint density at radius 3 is 2.29 bits per heavy atom. The highest BCUT2D eigenvalue weighted by Crippen LogP contribution is 2.12. The van der Waals surface area contributed by atoms with Crippen molar-refractivity contribution in [1.29, 1.82) is 0 Å². The van der Waals surface area contributed by atoms with E-state index < -0.39 is 10.9 Å². The van der Waals surface area contributed by atoms with Gasteiger partial charge in [0.1, 0.15) is 0 Å². The van der Waals surface area contributed by atoms with Gasteiger partial charge in [-0.1, -0.05) is 26.2 Å². The van der Waals surface area contributed by atoms with Crippen molar-refractivity contribution in [2.75, 3.05) is 6.61 Å². The van der Waals surface area contributed by atoms with Gasteiger partial charge in [0.15, 0.2) is 0 Å². The maximum atomic E-state index is 10.3. The van der Waals surface area contributed by atoms with Crippen molar-refractivity contribution in [1.82, 2.24) is 0 Å². The Hall–Kier alpha value is -2.21. The lowest BCUT2D eigenvalue weighted by Gasteiger charge is -1.92. The summed E-state index contributed by atoms with van der Waals surface area (Å²) in [6.07, 6.45) is 7.02. The van der Waals surface area contributed by atoms with E-state index in [-0.39, 0.29) is 5.69 Å². The minimum atomic E-state index is -1.05. The van der Waals surface area contributed by atoms with E-state index >= 15 is 0 Å². The first-order valence-corrected chi connectivity index (χ1v) is 6.77. The summed E-state index contributed by atoms with van der Waals surface area (Å²) >= 11 is 0. The van der Waals surface area contributed by atoms with Crippen molar-refractivity contribution in [2.24, 2.45) is 0 Å². The lowest BCUT2D eigenvalue weighted by atomic mass is 10.2. The fraction of sp³-hybridized carbons (Fsp3) is 0.400. The van der Waals surface area contributed by atoms with Gasteiger partial charge in [0.25, 0.3) is 5.69 Å². The van der Waals surface area contributed by atoms with Crippen LogP contribution in [0.5, 0.6) is 0 Å². The minimum absolute atomic E-state index is 0.0162. The van der Waals surface area contributed by atoms with Crippen LogP contribution in [0.1, 0.15) is 38.2 Å². The second-order valence-electron chi connectivity index (χ2n) is 4.30. The Kier molecular flexibility index (Phi) is 10.4. The standard InChI is InChI=1S/C9H7NO4.C6H14O/c11-9(12)6-3-7-1-4-8(5-2-7)10(13)14;1-2-3-4-5-6-7/h1-6H,(H,11,12);7H,2-6H2,1H3. The predicted octanol–water partition coefficient (Wildman–Crippen LogP) is 3.25. The maximum absolute atomic E-state index is 10.3.